The fourth-order valence-electron chi connectivity index (χ4n) is 3.10. The maximum atomic E-state index is 12.2. The van der Waals surface area contributed by atoms with Crippen molar-refractivity contribution >= 4 is 11.8 Å². The van der Waals surface area contributed by atoms with Crippen molar-refractivity contribution in [2.24, 2.45) is 0 Å². The van der Waals surface area contributed by atoms with Gasteiger partial charge in [0.1, 0.15) is 0 Å². The molecule has 2 amide bonds. The van der Waals surface area contributed by atoms with Crippen LogP contribution in [0.4, 0.5) is 0 Å². The molecule has 1 aliphatic rings. The lowest BCUT2D eigenvalue weighted by molar-refractivity contribution is 0.0927. The molecular formula is C20H24N4O2. The highest BCUT2D eigenvalue weighted by Crippen LogP contribution is 2.23. The molecule has 1 atom stereocenters. The molecule has 1 aromatic carbocycles. The number of hydrogen-bond acceptors (Lipinski definition) is 4. The van der Waals surface area contributed by atoms with Gasteiger partial charge in [-0.15, -0.1) is 0 Å². The third-order valence-corrected chi connectivity index (χ3v) is 4.56. The molecular weight excluding hydrogens is 328 g/mol. The van der Waals surface area contributed by atoms with Crippen molar-refractivity contribution in [1.82, 2.24) is 20.9 Å². The van der Waals surface area contributed by atoms with Crippen molar-refractivity contribution in [2.75, 3.05) is 26.2 Å². The second kappa shape index (κ2) is 9.10. The Morgan fingerprint density at radius 3 is 2.38 bits per heavy atom. The van der Waals surface area contributed by atoms with Gasteiger partial charge in [0, 0.05) is 37.6 Å². The summed E-state index contributed by atoms with van der Waals surface area (Å²) in [5.74, 6) is 0.204. The highest BCUT2D eigenvalue weighted by atomic mass is 16.2. The molecule has 2 heterocycles. The third kappa shape index (κ3) is 4.89. The van der Waals surface area contributed by atoms with Crippen LogP contribution in [0.25, 0.3) is 0 Å². The second-order valence-electron chi connectivity index (χ2n) is 6.42. The minimum absolute atomic E-state index is 0.131. The monoisotopic (exact) mass is 352 g/mol. The molecule has 1 saturated heterocycles. The van der Waals surface area contributed by atoms with E-state index in [9.17, 15) is 9.59 Å². The summed E-state index contributed by atoms with van der Waals surface area (Å²) in [6.07, 6.45) is 5.51. The molecule has 3 rings (SSSR count). The van der Waals surface area contributed by atoms with E-state index in [0.717, 1.165) is 13.1 Å². The molecule has 0 unspecified atom stereocenters. The van der Waals surface area contributed by atoms with Crippen LogP contribution in [0, 0.1) is 0 Å². The van der Waals surface area contributed by atoms with Crippen LogP contribution in [-0.4, -0.2) is 43.0 Å². The minimum atomic E-state index is -0.196. The van der Waals surface area contributed by atoms with Gasteiger partial charge in [-0.25, -0.2) is 0 Å². The molecule has 6 nitrogen and oxygen atoms in total. The number of piperidine rings is 1. The average molecular weight is 352 g/mol. The summed E-state index contributed by atoms with van der Waals surface area (Å²) in [6.45, 7) is 2.83. The van der Waals surface area contributed by atoms with E-state index in [-0.39, 0.29) is 11.8 Å². The first-order valence-electron chi connectivity index (χ1n) is 9.01. The number of amides is 2. The number of pyridine rings is 1. The molecule has 1 fully saturated rings. The van der Waals surface area contributed by atoms with E-state index in [0.29, 0.717) is 30.1 Å². The Bertz CT molecular complexity index is 725. The van der Waals surface area contributed by atoms with Crippen LogP contribution in [0.1, 0.15) is 45.0 Å². The van der Waals surface area contributed by atoms with Crippen molar-refractivity contribution in [1.29, 1.82) is 0 Å². The molecule has 26 heavy (non-hydrogen) atoms. The van der Waals surface area contributed by atoms with Gasteiger partial charge in [0.2, 0.25) is 0 Å². The van der Waals surface area contributed by atoms with Crippen molar-refractivity contribution in [3.05, 3.63) is 65.5 Å². The Morgan fingerprint density at radius 1 is 1.04 bits per heavy atom. The van der Waals surface area contributed by atoms with Gasteiger partial charge in [0.05, 0.1) is 5.56 Å². The fourth-order valence-corrected chi connectivity index (χ4v) is 3.10. The van der Waals surface area contributed by atoms with Gasteiger partial charge in [0.25, 0.3) is 11.8 Å². The molecule has 1 aliphatic heterocycles. The van der Waals surface area contributed by atoms with Crippen molar-refractivity contribution in [3.8, 4) is 0 Å². The summed E-state index contributed by atoms with van der Waals surface area (Å²) >= 11 is 0. The van der Waals surface area contributed by atoms with Gasteiger partial charge in [-0.2, -0.15) is 0 Å². The summed E-state index contributed by atoms with van der Waals surface area (Å²) in [4.78, 5) is 28.0. The number of aromatic nitrogens is 1. The number of hydrogen-bond donors (Lipinski definition) is 3. The number of carbonyl (C=O) groups excluding carboxylic acids is 2. The predicted octanol–water partition coefficient (Wildman–Crippen LogP) is 1.71. The minimum Gasteiger partial charge on any atom is -0.350 e. The van der Waals surface area contributed by atoms with E-state index in [1.54, 1.807) is 18.3 Å². The Morgan fingerprint density at radius 2 is 1.77 bits per heavy atom. The molecule has 6 heteroatoms. The van der Waals surface area contributed by atoms with Crippen LogP contribution in [-0.2, 0) is 0 Å². The molecule has 2 aromatic rings. The van der Waals surface area contributed by atoms with Gasteiger partial charge >= 0.3 is 0 Å². The zero-order valence-electron chi connectivity index (χ0n) is 14.7. The first kappa shape index (κ1) is 18.1. The van der Waals surface area contributed by atoms with Gasteiger partial charge < -0.3 is 16.0 Å². The lowest BCUT2D eigenvalue weighted by atomic mass is 9.91. The third-order valence-electron chi connectivity index (χ3n) is 4.56. The lowest BCUT2D eigenvalue weighted by Gasteiger charge is -2.23. The molecule has 1 aromatic heterocycles. The van der Waals surface area contributed by atoms with Crippen LogP contribution >= 0.6 is 0 Å². The highest BCUT2D eigenvalue weighted by molar-refractivity contribution is 5.95. The Hall–Kier alpha value is -2.73. The van der Waals surface area contributed by atoms with Crippen LogP contribution in [0.5, 0.6) is 0 Å². The number of carbonyl (C=O) groups is 2. The number of rotatable bonds is 6. The smallest absolute Gasteiger partial charge is 0.252 e. The standard InChI is InChI=1S/C20H24N4O2/c25-19(23-11-12-24-20(26)18-4-2-10-22-14-18)16-7-5-15(6-8-16)17-3-1-9-21-13-17/h2,4-8,10,14,17,21H,1,3,9,11-13H2,(H,23,25)(H,24,26)/t17-/m1/s1. The molecule has 136 valence electrons. The fraction of sp³-hybridized carbons (Fsp3) is 0.350. The summed E-state index contributed by atoms with van der Waals surface area (Å²) in [7, 11) is 0. The van der Waals surface area contributed by atoms with Gasteiger partial charge in [-0.1, -0.05) is 12.1 Å². The topological polar surface area (TPSA) is 83.1 Å². The van der Waals surface area contributed by atoms with Crippen LogP contribution in [0.2, 0.25) is 0 Å². The molecule has 0 aliphatic carbocycles. The molecule has 3 N–H and O–H groups in total. The van der Waals surface area contributed by atoms with E-state index >= 15 is 0 Å². The van der Waals surface area contributed by atoms with Crippen molar-refractivity contribution < 1.29 is 9.59 Å². The molecule has 0 saturated carbocycles. The Balaban J connectivity index is 1.42. The van der Waals surface area contributed by atoms with Gasteiger partial charge in [-0.3, -0.25) is 14.6 Å². The van der Waals surface area contributed by atoms with Crippen LogP contribution in [0.3, 0.4) is 0 Å². The molecule has 0 spiro atoms. The first-order chi connectivity index (χ1) is 12.7. The summed E-state index contributed by atoms with van der Waals surface area (Å²) in [6, 6.07) is 11.2. The quantitative estimate of drug-likeness (QED) is 0.691. The van der Waals surface area contributed by atoms with Crippen molar-refractivity contribution in [3.63, 3.8) is 0 Å². The zero-order valence-corrected chi connectivity index (χ0v) is 14.7. The van der Waals surface area contributed by atoms with E-state index < -0.39 is 0 Å². The first-order valence-corrected chi connectivity index (χ1v) is 9.01. The summed E-state index contributed by atoms with van der Waals surface area (Å²) in [5, 5.41) is 8.99. The van der Waals surface area contributed by atoms with Crippen LogP contribution in [0.15, 0.2) is 48.8 Å². The average Bonchev–Trinajstić information content (AvgIpc) is 2.72. The number of nitrogens with zero attached hydrogens (tertiary/aromatic N) is 1. The lowest BCUT2D eigenvalue weighted by Crippen LogP contribution is -2.34. The maximum absolute atomic E-state index is 12.2. The van der Waals surface area contributed by atoms with E-state index in [4.69, 9.17) is 0 Å². The Labute approximate surface area is 153 Å². The van der Waals surface area contributed by atoms with Gasteiger partial charge in [-0.05, 0) is 55.1 Å². The summed E-state index contributed by atoms with van der Waals surface area (Å²) < 4.78 is 0. The SMILES string of the molecule is O=C(NCCNC(=O)c1cccnc1)c1ccc([C@@H]2CCCNC2)cc1. The highest BCUT2D eigenvalue weighted by Gasteiger charge is 2.15. The van der Waals surface area contributed by atoms with E-state index in [2.05, 4.69) is 20.9 Å². The van der Waals surface area contributed by atoms with E-state index in [1.165, 1.54) is 24.6 Å². The predicted molar refractivity (Wildman–Crippen MR) is 100 cm³/mol. The number of benzene rings is 1. The maximum Gasteiger partial charge on any atom is 0.252 e. The van der Waals surface area contributed by atoms with Crippen LogP contribution < -0.4 is 16.0 Å². The van der Waals surface area contributed by atoms with Gasteiger partial charge in [0.15, 0.2) is 0 Å². The second-order valence-corrected chi connectivity index (χ2v) is 6.42. The molecule has 0 bridgehead atoms. The normalized spacial score (nSPS) is 16.7. The van der Waals surface area contributed by atoms with Crippen molar-refractivity contribution in [2.45, 2.75) is 18.8 Å². The number of nitrogens with one attached hydrogen (secondary N) is 3. The Kier molecular flexibility index (Phi) is 6.33. The largest absolute Gasteiger partial charge is 0.350 e. The summed E-state index contributed by atoms with van der Waals surface area (Å²) in [5.41, 5.74) is 2.42. The van der Waals surface area contributed by atoms with E-state index in [1.807, 2.05) is 24.3 Å². The molecule has 0 radical (unpaired) electrons. The zero-order chi connectivity index (χ0) is 18.2.